The number of phenols is 1. The number of hydrogen-bond donors (Lipinski definition) is 2. The second kappa shape index (κ2) is 6.08. The summed E-state index contributed by atoms with van der Waals surface area (Å²) >= 11 is 0. The number of hydrogen-bond acceptors (Lipinski definition) is 5. The fourth-order valence-corrected chi connectivity index (χ4v) is 2.72. The lowest BCUT2D eigenvalue weighted by Gasteiger charge is -2.31. The predicted molar refractivity (Wildman–Crippen MR) is 74.6 cm³/mol. The summed E-state index contributed by atoms with van der Waals surface area (Å²) in [5.74, 6) is -0.150. The van der Waals surface area contributed by atoms with E-state index in [1.165, 1.54) is 12.1 Å². The third-order valence-corrected chi connectivity index (χ3v) is 3.95. The Morgan fingerprint density at radius 2 is 2.18 bits per heavy atom. The molecule has 1 aromatic carbocycles. The fourth-order valence-electron chi connectivity index (χ4n) is 2.72. The number of halogens is 1. The van der Waals surface area contributed by atoms with Crippen molar-refractivity contribution in [3.8, 4) is 5.75 Å². The van der Waals surface area contributed by atoms with E-state index in [9.17, 15) is 14.3 Å². The van der Waals surface area contributed by atoms with Crippen LogP contribution in [0.15, 0.2) is 18.2 Å². The van der Waals surface area contributed by atoms with Gasteiger partial charge in [-0.3, -0.25) is 4.79 Å². The van der Waals surface area contributed by atoms with E-state index in [2.05, 4.69) is 20.6 Å². The summed E-state index contributed by atoms with van der Waals surface area (Å²) < 4.78 is 13.8. The van der Waals surface area contributed by atoms with E-state index in [-0.39, 0.29) is 17.2 Å². The van der Waals surface area contributed by atoms with Crippen LogP contribution in [0.3, 0.4) is 0 Å². The first-order valence-electron chi connectivity index (χ1n) is 7.13. The highest BCUT2D eigenvalue weighted by Gasteiger charge is 2.26. The van der Waals surface area contributed by atoms with Crippen LogP contribution in [0.1, 0.15) is 29.0 Å². The average Bonchev–Trinajstić information content (AvgIpc) is 3.00. The van der Waals surface area contributed by atoms with Crippen LogP contribution in [0.4, 0.5) is 4.39 Å². The Morgan fingerprint density at radius 3 is 2.82 bits per heavy atom. The average molecular weight is 305 g/mol. The molecule has 1 amide bonds. The van der Waals surface area contributed by atoms with Gasteiger partial charge in [0, 0.05) is 25.6 Å². The van der Waals surface area contributed by atoms with Crippen molar-refractivity contribution < 1.29 is 14.3 Å². The molecule has 1 saturated heterocycles. The number of piperidine rings is 1. The number of nitrogens with one attached hydrogen (secondary N) is 1. The molecule has 7 nitrogen and oxygen atoms in total. The van der Waals surface area contributed by atoms with E-state index >= 15 is 0 Å². The number of aromatic nitrogens is 4. The van der Waals surface area contributed by atoms with Gasteiger partial charge in [-0.1, -0.05) is 5.21 Å². The Kier molecular flexibility index (Phi) is 3.99. The van der Waals surface area contributed by atoms with Crippen LogP contribution in [-0.4, -0.2) is 49.6 Å². The van der Waals surface area contributed by atoms with Gasteiger partial charge in [0.1, 0.15) is 11.6 Å². The lowest BCUT2D eigenvalue weighted by atomic mass is 9.93. The minimum Gasteiger partial charge on any atom is -0.508 e. The van der Waals surface area contributed by atoms with Gasteiger partial charge in [0.2, 0.25) is 0 Å². The van der Waals surface area contributed by atoms with Crippen LogP contribution >= 0.6 is 0 Å². The summed E-state index contributed by atoms with van der Waals surface area (Å²) in [7, 11) is 0. The summed E-state index contributed by atoms with van der Waals surface area (Å²) in [6.45, 7) is 1.14. The molecule has 2 N–H and O–H groups in total. The molecule has 2 heterocycles. The first-order valence-corrected chi connectivity index (χ1v) is 7.13. The molecule has 8 heteroatoms. The van der Waals surface area contributed by atoms with Crippen LogP contribution in [-0.2, 0) is 6.42 Å². The number of aromatic amines is 1. The Hall–Kier alpha value is -2.51. The molecular formula is C14H16FN5O2. The number of H-pyrrole nitrogens is 1. The van der Waals surface area contributed by atoms with E-state index in [4.69, 9.17) is 0 Å². The van der Waals surface area contributed by atoms with Crippen LogP contribution in [0.25, 0.3) is 0 Å². The highest BCUT2D eigenvalue weighted by Crippen LogP contribution is 2.23. The quantitative estimate of drug-likeness (QED) is 0.886. The van der Waals surface area contributed by atoms with Gasteiger partial charge >= 0.3 is 0 Å². The SMILES string of the molecule is O=C(c1ccc(O)cc1F)N1CCC(Cc2nn[nH]n2)CC1. The summed E-state index contributed by atoms with van der Waals surface area (Å²) in [6, 6.07) is 3.59. The Morgan fingerprint density at radius 1 is 1.41 bits per heavy atom. The van der Waals surface area contributed by atoms with E-state index < -0.39 is 5.82 Å². The van der Waals surface area contributed by atoms with E-state index in [1.54, 1.807) is 4.90 Å². The molecule has 116 valence electrons. The number of nitrogens with zero attached hydrogens (tertiary/aromatic N) is 4. The van der Waals surface area contributed by atoms with Crippen LogP contribution in [0.5, 0.6) is 5.75 Å². The van der Waals surface area contributed by atoms with Crippen molar-refractivity contribution in [3.05, 3.63) is 35.4 Å². The van der Waals surface area contributed by atoms with E-state index in [0.717, 1.165) is 25.3 Å². The van der Waals surface area contributed by atoms with Crippen LogP contribution in [0, 0.1) is 11.7 Å². The van der Waals surface area contributed by atoms with Gasteiger partial charge in [-0.2, -0.15) is 5.21 Å². The molecule has 2 aromatic rings. The van der Waals surface area contributed by atoms with Crippen molar-refractivity contribution in [1.29, 1.82) is 0 Å². The van der Waals surface area contributed by atoms with Gasteiger partial charge in [0.05, 0.1) is 5.56 Å². The van der Waals surface area contributed by atoms with Crippen molar-refractivity contribution in [2.45, 2.75) is 19.3 Å². The topological polar surface area (TPSA) is 95.0 Å². The highest BCUT2D eigenvalue weighted by atomic mass is 19.1. The standard InChI is InChI=1S/C14H16FN5O2/c15-12-8-10(21)1-2-11(12)14(22)20-5-3-9(4-6-20)7-13-16-18-19-17-13/h1-2,8-9,21H,3-7H2,(H,16,17,18,19). The third-order valence-electron chi connectivity index (χ3n) is 3.95. The minimum atomic E-state index is -0.695. The summed E-state index contributed by atoms with van der Waals surface area (Å²) in [4.78, 5) is 14.0. The first-order chi connectivity index (χ1) is 10.6. The molecule has 1 aromatic heterocycles. The zero-order chi connectivity index (χ0) is 15.5. The first kappa shape index (κ1) is 14.4. The maximum Gasteiger partial charge on any atom is 0.256 e. The zero-order valence-corrected chi connectivity index (χ0v) is 11.9. The van der Waals surface area contributed by atoms with Crippen molar-refractivity contribution in [2.24, 2.45) is 5.92 Å². The minimum absolute atomic E-state index is 0.00517. The molecule has 22 heavy (non-hydrogen) atoms. The van der Waals surface area contributed by atoms with Crippen molar-refractivity contribution in [1.82, 2.24) is 25.5 Å². The Labute approximate surface area is 126 Å². The largest absolute Gasteiger partial charge is 0.508 e. The second-order valence-electron chi connectivity index (χ2n) is 5.43. The number of rotatable bonds is 3. The lowest BCUT2D eigenvalue weighted by molar-refractivity contribution is 0.0685. The normalized spacial score (nSPS) is 16.0. The zero-order valence-electron chi connectivity index (χ0n) is 11.9. The Balaban J connectivity index is 1.60. The molecular weight excluding hydrogens is 289 g/mol. The highest BCUT2D eigenvalue weighted by molar-refractivity contribution is 5.94. The molecule has 0 saturated carbocycles. The van der Waals surface area contributed by atoms with Crippen molar-refractivity contribution in [2.75, 3.05) is 13.1 Å². The summed E-state index contributed by atoms with van der Waals surface area (Å²) in [6.07, 6.45) is 2.37. The number of benzene rings is 1. The molecule has 1 fully saturated rings. The Bertz CT molecular complexity index is 653. The van der Waals surface area contributed by atoms with Gasteiger partial charge in [0.15, 0.2) is 5.82 Å². The fraction of sp³-hybridized carbons (Fsp3) is 0.429. The number of tetrazole rings is 1. The van der Waals surface area contributed by atoms with Crippen LogP contribution in [0.2, 0.25) is 0 Å². The van der Waals surface area contributed by atoms with E-state index in [0.29, 0.717) is 24.8 Å². The number of amides is 1. The lowest BCUT2D eigenvalue weighted by Crippen LogP contribution is -2.39. The van der Waals surface area contributed by atoms with Gasteiger partial charge < -0.3 is 10.0 Å². The van der Waals surface area contributed by atoms with Gasteiger partial charge in [-0.05, 0) is 30.9 Å². The number of carbonyl (C=O) groups excluding carboxylic acids is 1. The number of carbonyl (C=O) groups is 1. The van der Waals surface area contributed by atoms with E-state index in [1.807, 2.05) is 0 Å². The van der Waals surface area contributed by atoms with Gasteiger partial charge in [-0.15, -0.1) is 10.2 Å². The maximum absolute atomic E-state index is 13.8. The summed E-state index contributed by atoms with van der Waals surface area (Å²) in [5, 5.41) is 23.0. The van der Waals surface area contributed by atoms with Crippen molar-refractivity contribution >= 4 is 5.91 Å². The smallest absolute Gasteiger partial charge is 0.256 e. The molecule has 1 aliphatic rings. The summed E-state index contributed by atoms with van der Waals surface area (Å²) in [5.41, 5.74) is -0.00517. The molecule has 0 atom stereocenters. The maximum atomic E-state index is 13.8. The monoisotopic (exact) mass is 305 g/mol. The number of aromatic hydroxyl groups is 1. The van der Waals surface area contributed by atoms with Gasteiger partial charge in [0.25, 0.3) is 5.91 Å². The molecule has 0 radical (unpaired) electrons. The molecule has 0 aliphatic carbocycles. The molecule has 1 aliphatic heterocycles. The number of phenolic OH excluding ortho intramolecular Hbond substituents is 1. The predicted octanol–water partition coefficient (Wildman–Crippen LogP) is 1.14. The number of likely N-dealkylation sites (tertiary alicyclic amines) is 1. The molecule has 0 unspecified atom stereocenters. The molecule has 0 bridgehead atoms. The van der Waals surface area contributed by atoms with Crippen LogP contribution < -0.4 is 0 Å². The second-order valence-corrected chi connectivity index (χ2v) is 5.43. The van der Waals surface area contributed by atoms with Crippen molar-refractivity contribution in [3.63, 3.8) is 0 Å². The molecule has 0 spiro atoms. The van der Waals surface area contributed by atoms with Gasteiger partial charge in [-0.25, -0.2) is 4.39 Å². The molecule has 3 rings (SSSR count). The third kappa shape index (κ3) is 3.05.